The molecule has 3 heterocycles. The van der Waals surface area contributed by atoms with Crippen LogP contribution >= 0.6 is 0 Å². The first kappa shape index (κ1) is 6.62. The van der Waals surface area contributed by atoms with Gasteiger partial charge >= 0.3 is 0 Å². The minimum absolute atomic E-state index is 0.715. The second-order valence-corrected chi connectivity index (χ2v) is 3.62. The highest BCUT2D eigenvalue weighted by atomic mass is 16.5. The van der Waals surface area contributed by atoms with E-state index in [0.29, 0.717) is 6.04 Å². The third-order valence-electron chi connectivity index (χ3n) is 2.60. The molecule has 0 radical (unpaired) electrons. The summed E-state index contributed by atoms with van der Waals surface area (Å²) in [5, 5.41) is 0. The largest absolute Gasteiger partial charge is 0.378 e. The Kier molecular flexibility index (Phi) is 1.46. The molecule has 2 heteroatoms. The molecule has 0 aromatic carbocycles. The van der Waals surface area contributed by atoms with Crippen molar-refractivity contribution in [2.75, 3.05) is 13.2 Å². The number of fused-ring (bicyclic) bond motifs is 2. The molecule has 3 rings (SSSR count). The van der Waals surface area contributed by atoms with Gasteiger partial charge in [-0.1, -0.05) is 0 Å². The molecule has 0 spiro atoms. The Hall–Kier alpha value is -0.0800. The Morgan fingerprint density at radius 1 is 1.30 bits per heavy atom. The van der Waals surface area contributed by atoms with Crippen molar-refractivity contribution < 1.29 is 4.74 Å². The summed E-state index contributed by atoms with van der Waals surface area (Å²) in [6, 6.07) is 2.21. The van der Waals surface area contributed by atoms with Crippen molar-refractivity contribution >= 4 is 0 Å². The third kappa shape index (κ3) is 0.789. The lowest BCUT2D eigenvalue weighted by molar-refractivity contribution is -0.141. The highest BCUT2D eigenvalue weighted by Gasteiger charge is 2.43. The molecule has 2 bridgehead atoms. The summed E-state index contributed by atoms with van der Waals surface area (Å²) in [6.45, 7) is 6.47. The van der Waals surface area contributed by atoms with Crippen LogP contribution in [0.25, 0.3) is 0 Å². The molecule has 10 heavy (non-hydrogen) atoms. The highest BCUT2D eigenvalue weighted by Crippen LogP contribution is 2.32. The number of hydrogen-bond acceptors (Lipinski definition) is 2. The Balaban J connectivity index is 1.99. The fraction of sp³-hybridized carbons (Fsp3) is 1.00. The average molecular weight is 141 g/mol. The summed E-state index contributed by atoms with van der Waals surface area (Å²) < 4.78 is 5.37. The predicted molar refractivity (Wildman–Crippen MR) is 40.0 cm³/mol. The molecule has 0 N–H and O–H groups in total. The van der Waals surface area contributed by atoms with Crippen LogP contribution in [0.3, 0.4) is 0 Å². The molecular weight excluding hydrogens is 126 g/mol. The first-order valence-electron chi connectivity index (χ1n) is 4.14. The van der Waals surface area contributed by atoms with Crippen molar-refractivity contribution in [3.63, 3.8) is 0 Å². The van der Waals surface area contributed by atoms with E-state index in [-0.39, 0.29) is 0 Å². The summed E-state index contributed by atoms with van der Waals surface area (Å²) in [4.78, 5) is 2.57. The lowest BCUT2D eigenvalue weighted by Gasteiger charge is -2.54. The van der Waals surface area contributed by atoms with Crippen LogP contribution < -0.4 is 0 Å². The fourth-order valence-electron chi connectivity index (χ4n) is 2.21. The molecule has 58 valence electrons. The molecule has 2 nitrogen and oxygen atoms in total. The average Bonchev–Trinajstić information content (AvgIpc) is 1.87. The molecule has 0 saturated carbocycles. The van der Waals surface area contributed by atoms with Gasteiger partial charge in [0.1, 0.15) is 0 Å². The normalized spacial score (nSPS) is 39.9. The van der Waals surface area contributed by atoms with Crippen LogP contribution in [0.4, 0.5) is 0 Å². The minimum atomic E-state index is 0.715. The van der Waals surface area contributed by atoms with E-state index in [9.17, 15) is 0 Å². The van der Waals surface area contributed by atoms with Gasteiger partial charge in [-0.2, -0.15) is 0 Å². The second-order valence-electron chi connectivity index (χ2n) is 3.62. The molecule has 2 atom stereocenters. The van der Waals surface area contributed by atoms with E-state index >= 15 is 0 Å². The first-order chi connectivity index (χ1) is 4.79. The van der Waals surface area contributed by atoms with E-state index in [1.54, 1.807) is 0 Å². The molecule has 3 aliphatic heterocycles. The summed E-state index contributed by atoms with van der Waals surface area (Å²) in [5.41, 5.74) is 0. The molecule has 0 amide bonds. The van der Waals surface area contributed by atoms with Crippen LogP contribution in [0.1, 0.15) is 20.3 Å². The van der Waals surface area contributed by atoms with Crippen LogP contribution in [0.15, 0.2) is 0 Å². The Morgan fingerprint density at radius 2 is 1.90 bits per heavy atom. The number of ether oxygens (including phenoxy) is 1. The van der Waals surface area contributed by atoms with Gasteiger partial charge in [0.05, 0.1) is 13.2 Å². The van der Waals surface area contributed by atoms with E-state index in [0.717, 1.165) is 25.3 Å². The molecule has 3 aliphatic rings. The maximum atomic E-state index is 5.37. The first-order valence-corrected chi connectivity index (χ1v) is 4.14. The number of nitrogens with zero attached hydrogens (tertiary/aromatic N) is 1. The van der Waals surface area contributed by atoms with Gasteiger partial charge in [0.2, 0.25) is 0 Å². The van der Waals surface area contributed by atoms with Crippen molar-refractivity contribution in [1.29, 1.82) is 0 Å². The molecule has 0 aliphatic carbocycles. The molecule has 3 saturated heterocycles. The summed E-state index contributed by atoms with van der Waals surface area (Å²) >= 11 is 0. The summed E-state index contributed by atoms with van der Waals surface area (Å²) in [6.07, 6.45) is 1.37. The predicted octanol–water partition coefficient (Wildman–Crippen LogP) is 0.868. The van der Waals surface area contributed by atoms with Crippen molar-refractivity contribution in [1.82, 2.24) is 4.90 Å². The summed E-state index contributed by atoms with van der Waals surface area (Å²) in [5.74, 6) is 0. The van der Waals surface area contributed by atoms with E-state index < -0.39 is 0 Å². The quantitative estimate of drug-likeness (QED) is 0.537. The SMILES string of the molecule is CC(C)N1C2COCC1C2. The monoisotopic (exact) mass is 141 g/mol. The maximum absolute atomic E-state index is 5.37. The van der Waals surface area contributed by atoms with Gasteiger partial charge in [-0.25, -0.2) is 0 Å². The van der Waals surface area contributed by atoms with Gasteiger partial charge in [0.15, 0.2) is 0 Å². The van der Waals surface area contributed by atoms with E-state index in [2.05, 4.69) is 18.7 Å². The zero-order valence-corrected chi connectivity index (χ0v) is 6.71. The van der Waals surface area contributed by atoms with Gasteiger partial charge in [-0.15, -0.1) is 0 Å². The summed E-state index contributed by atoms with van der Waals surface area (Å²) in [7, 11) is 0. The van der Waals surface area contributed by atoms with Gasteiger partial charge in [-0.3, -0.25) is 4.90 Å². The van der Waals surface area contributed by atoms with Crippen molar-refractivity contribution in [2.24, 2.45) is 0 Å². The minimum Gasteiger partial charge on any atom is -0.378 e. The molecule has 3 fully saturated rings. The van der Waals surface area contributed by atoms with E-state index in [1.807, 2.05) is 0 Å². The Morgan fingerprint density at radius 3 is 2.20 bits per heavy atom. The van der Waals surface area contributed by atoms with Crippen molar-refractivity contribution in [2.45, 2.75) is 38.4 Å². The zero-order valence-electron chi connectivity index (χ0n) is 6.71. The Bertz CT molecular complexity index is 121. The number of morpholine rings is 1. The molecule has 0 aromatic heterocycles. The standard InChI is InChI=1S/C8H15NO/c1-6(2)9-7-3-8(9)5-10-4-7/h6-8H,3-5H2,1-2H3. The van der Waals surface area contributed by atoms with Gasteiger partial charge in [0, 0.05) is 18.1 Å². The number of rotatable bonds is 1. The van der Waals surface area contributed by atoms with Crippen LogP contribution in [0.5, 0.6) is 0 Å². The fourth-order valence-corrected chi connectivity index (χ4v) is 2.21. The van der Waals surface area contributed by atoms with Crippen LogP contribution in [-0.4, -0.2) is 36.2 Å². The van der Waals surface area contributed by atoms with Crippen molar-refractivity contribution in [3.8, 4) is 0 Å². The van der Waals surface area contributed by atoms with Gasteiger partial charge in [0.25, 0.3) is 0 Å². The van der Waals surface area contributed by atoms with Crippen LogP contribution in [0, 0.1) is 0 Å². The molecule has 0 aromatic rings. The Labute approximate surface area is 62.2 Å². The van der Waals surface area contributed by atoms with Crippen LogP contribution in [0.2, 0.25) is 0 Å². The van der Waals surface area contributed by atoms with E-state index in [4.69, 9.17) is 4.74 Å². The topological polar surface area (TPSA) is 12.5 Å². The van der Waals surface area contributed by atoms with Gasteiger partial charge < -0.3 is 4.74 Å². The van der Waals surface area contributed by atoms with Crippen LogP contribution in [-0.2, 0) is 4.74 Å². The van der Waals surface area contributed by atoms with Crippen molar-refractivity contribution in [3.05, 3.63) is 0 Å². The lowest BCUT2D eigenvalue weighted by atomic mass is 9.90. The smallest absolute Gasteiger partial charge is 0.0623 e. The molecule has 2 unspecified atom stereocenters. The number of hydrogen-bond donors (Lipinski definition) is 0. The lowest BCUT2D eigenvalue weighted by Crippen LogP contribution is -2.65. The zero-order chi connectivity index (χ0) is 7.14. The highest BCUT2D eigenvalue weighted by molar-refractivity contribution is 4.97. The van der Waals surface area contributed by atoms with Gasteiger partial charge in [-0.05, 0) is 20.3 Å². The molecular formula is C8H15NO. The second kappa shape index (κ2) is 2.21. The third-order valence-corrected chi connectivity index (χ3v) is 2.60. The van der Waals surface area contributed by atoms with E-state index in [1.165, 1.54) is 6.42 Å². The maximum Gasteiger partial charge on any atom is 0.0623 e.